The molecule has 0 spiro atoms. The highest BCUT2D eigenvalue weighted by Crippen LogP contribution is 2.37. The topological polar surface area (TPSA) is 30.5 Å². The third kappa shape index (κ3) is 3.57. The van der Waals surface area contributed by atoms with Gasteiger partial charge in [0.15, 0.2) is 0 Å². The van der Waals surface area contributed by atoms with Gasteiger partial charge in [-0.15, -0.1) is 11.3 Å². The molecule has 106 valence electrons. The van der Waals surface area contributed by atoms with Gasteiger partial charge in [-0.3, -0.25) is 0 Å². The second kappa shape index (κ2) is 6.84. The van der Waals surface area contributed by atoms with Gasteiger partial charge in [-0.05, 0) is 30.2 Å². The van der Waals surface area contributed by atoms with E-state index in [4.69, 9.17) is 9.47 Å². The largest absolute Gasteiger partial charge is 0.376 e. The lowest BCUT2D eigenvalue weighted by Gasteiger charge is -2.28. The fourth-order valence-electron chi connectivity index (χ4n) is 3.17. The molecule has 2 heterocycles. The van der Waals surface area contributed by atoms with Crippen LogP contribution < -0.4 is 5.32 Å². The molecule has 1 aromatic heterocycles. The van der Waals surface area contributed by atoms with Gasteiger partial charge in [-0.1, -0.05) is 18.9 Å². The van der Waals surface area contributed by atoms with Crippen LogP contribution in [0.5, 0.6) is 0 Å². The molecule has 2 fully saturated rings. The Morgan fingerprint density at radius 3 is 2.89 bits per heavy atom. The molecule has 2 atom stereocenters. The van der Waals surface area contributed by atoms with Crippen LogP contribution in [0.25, 0.3) is 0 Å². The minimum absolute atomic E-state index is 0.220. The molecule has 2 unspecified atom stereocenters. The van der Waals surface area contributed by atoms with Crippen molar-refractivity contribution in [3.63, 3.8) is 0 Å². The molecule has 0 aromatic carbocycles. The Kier molecular flexibility index (Phi) is 4.88. The van der Waals surface area contributed by atoms with Crippen molar-refractivity contribution >= 4 is 11.3 Å². The van der Waals surface area contributed by atoms with Crippen molar-refractivity contribution in [2.75, 3.05) is 26.4 Å². The summed E-state index contributed by atoms with van der Waals surface area (Å²) in [5, 5.41) is 5.92. The molecule has 1 saturated carbocycles. The Balaban J connectivity index is 1.58. The number of rotatable bonds is 5. The lowest BCUT2D eigenvalue weighted by molar-refractivity contribution is -0.0875. The highest BCUT2D eigenvalue weighted by molar-refractivity contribution is 7.10. The van der Waals surface area contributed by atoms with Gasteiger partial charge in [0.1, 0.15) is 0 Å². The summed E-state index contributed by atoms with van der Waals surface area (Å²) in [7, 11) is 0. The minimum Gasteiger partial charge on any atom is -0.376 e. The molecule has 2 aliphatic rings. The molecule has 3 nitrogen and oxygen atoms in total. The van der Waals surface area contributed by atoms with Crippen molar-refractivity contribution in [3.8, 4) is 0 Å². The summed E-state index contributed by atoms with van der Waals surface area (Å²) in [6.07, 6.45) is 5.71. The van der Waals surface area contributed by atoms with Gasteiger partial charge in [0, 0.05) is 17.5 Å². The fraction of sp³-hybridized carbons (Fsp3) is 0.733. The normalized spacial score (nSPS) is 26.6. The number of ether oxygens (including phenoxy) is 2. The van der Waals surface area contributed by atoms with Crippen molar-refractivity contribution < 1.29 is 9.47 Å². The standard InChI is InChI=1S/C15H23NO2S/c1-2-5-12(4-1)15(14-6-3-9-19-14)16-10-13-11-17-7-8-18-13/h3,6,9,12-13,15-16H,1-2,4-5,7-8,10-11H2. The Morgan fingerprint density at radius 2 is 2.21 bits per heavy atom. The zero-order valence-electron chi connectivity index (χ0n) is 11.3. The van der Waals surface area contributed by atoms with E-state index in [0.29, 0.717) is 6.04 Å². The maximum absolute atomic E-state index is 5.72. The first-order valence-electron chi connectivity index (χ1n) is 7.39. The van der Waals surface area contributed by atoms with Crippen molar-refractivity contribution in [2.24, 2.45) is 5.92 Å². The van der Waals surface area contributed by atoms with E-state index in [2.05, 4.69) is 22.8 Å². The van der Waals surface area contributed by atoms with Crippen LogP contribution in [-0.4, -0.2) is 32.5 Å². The molecule has 1 aromatic rings. The predicted octanol–water partition coefficient (Wildman–Crippen LogP) is 2.98. The van der Waals surface area contributed by atoms with Gasteiger partial charge in [0.2, 0.25) is 0 Å². The second-order valence-corrected chi connectivity index (χ2v) is 6.49. The first-order valence-corrected chi connectivity index (χ1v) is 8.27. The zero-order valence-corrected chi connectivity index (χ0v) is 12.2. The highest BCUT2D eigenvalue weighted by Gasteiger charge is 2.27. The van der Waals surface area contributed by atoms with Gasteiger partial charge in [-0.2, -0.15) is 0 Å². The lowest BCUT2D eigenvalue weighted by Crippen LogP contribution is -2.40. The van der Waals surface area contributed by atoms with Crippen molar-refractivity contribution in [1.82, 2.24) is 5.32 Å². The Morgan fingerprint density at radius 1 is 1.32 bits per heavy atom. The fourth-order valence-corrected chi connectivity index (χ4v) is 4.07. The summed E-state index contributed by atoms with van der Waals surface area (Å²) < 4.78 is 11.2. The van der Waals surface area contributed by atoms with E-state index >= 15 is 0 Å². The maximum atomic E-state index is 5.72. The SMILES string of the molecule is c1csc(C(NCC2COCCO2)C2CCCC2)c1. The van der Waals surface area contributed by atoms with E-state index in [-0.39, 0.29) is 6.10 Å². The third-order valence-electron chi connectivity index (χ3n) is 4.17. The molecular weight excluding hydrogens is 258 g/mol. The van der Waals surface area contributed by atoms with Crippen molar-refractivity contribution in [1.29, 1.82) is 0 Å². The molecule has 1 aliphatic heterocycles. The Labute approximate surface area is 119 Å². The summed E-state index contributed by atoms with van der Waals surface area (Å²) in [5.41, 5.74) is 0. The second-order valence-electron chi connectivity index (χ2n) is 5.51. The number of hydrogen-bond acceptors (Lipinski definition) is 4. The summed E-state index contributed by atoms with van der Waals surface area (Å²) in [6, 6.07) is 4.93. The van der Waals surface area contributed by atoms with Crippen LogP contribution in [-0.2, 0) is 9.47 Å². The summed E-state index contributed by atoms with van der Waals surface area (Å²) >= 11 is 1.87. The van der Waals surface area contributed by atoms with E-state index in [0.717, 1.165) is 32.3 Å². The molecule has 3 rings (SSSR count). The van der Waals surface area contributed by atoms with Gasteiger partial charge < -0.3 is 14.8 Å². The first-order chi connectivity index (χ1) is 9.43. The molecule has 19 heavy (non-hydrogen) atoms. The van der Waals surface area contributed by atoms with E-state index < -0.39 is 0 Å². The Bertz CT molecular complexity index is 356. The van der Waals surface area contributed by atoms with Crippen LogP contribution >= 0.6 is 11.3 Å². The summed E-state index contributed by atoms with van der Waals surface area (Å²) in [4.78, 5) is 1.48. The molecular formula is C15H23NO2S. The van der Waals surface area contributed by atoms with Gasteiger partial charge in [0.05, 0.1) is 25.9 Å². The summed E-state index contributed by atoms with van der Waals surface area (Å²) in [5.74, 6) is 0.795. The van der Waals surface area contributed by atoms with Crippen LogP contribution in [0.2, 0.25) is 0 Å². The molecule has 0 bridgehead atoms. The van der Waals surface area contributed by atoms with Gasteiger partial charge >= 0.3 is 0 Å². The van der Waals surface area contributed by atoms with Gasteiger partial charge in [-0.25, -0.2) is 0 Å². The molecule has 0 amide bonds. The smallest absolute Gasteiger partial charge is 0.0933 e. The summed E-state index contributed by atoms with van der Waals surface area (Å²) in [6.45, 7) is 3.11. The molecule has 0 radical (unpaired) electrons. The number of nitrogens with one attached hydrogen (secondary N) is 1. The molecule has 1 saturated heterocycles. The van der Waals surface area contributed by atoms with E-state index in [1.807, 2.05) is 11.3 Å². The third-order valence-corrected chi connectivity index (χ3v) is 5.13. The number of hydrogen-bond donors (Lipinski definition) is 1. The van der Waals surface area contributed by atoms with Gasteiger partial charge in [0.25, 0.3) is 0 Å². The maximum Gasteiger partial charge on any atom is 0.0933 e. The monoisotopic (exact) mass is 281 g/mol. The van der Waals surface area contributed by atoms with Crippen molar-refractivity contribution in [3.05, 3.63) is 22.4 Å². The quantitative estimate of drug-likeness (QED) is 0.900. The number of thiophene rings is 1. The predicted molar refractivity (Wildman–Crippen MR) is 77.6 cm³/mol. The van der Waals surface area contributed by atoms with E-state index in [9.17, 15) is 0 Å². The first kappa shape index (κ1) is 13.6. The average molecular weight is 281 g/mol. The van der Waals surface area contributed by atoms with Crippen LogP contribution in [0, 0.1) is 5.92 Å². The van der Waals surface area contributed by atoms with Crippen molar-refractivity contribution in [2.45, 2.75) is 37.8 Å². The van der Waals surface area contributed by atoms with Crippen LogP contribution in [0.1, 0.15) is 36.6 Å². The van der Waals surface area contributed by atoms with E-state index in [1.54, 1.807) is 0 Å². The van der Waals surface area contributed by atoms with Crippen LogP contribution in [0.4, 0.5) is 0 Å². The molecule has 4 heteroatoms. The molecule has 1 aliphatic carbocycles. The zero-order chi connectivity index (χ0) is 12.9. The Hall–Kier alpha value is -0.420. The minimum atomic E-state index is 0.220. The van der Waals surface area contributed by atoms with Crippen LogP contribution in [0.3, 0.4) is 0 Å². The highest BCUT2D eigenvalue weighted by atomic mass is 32.1. The van der Waals surface area contributed by atoms with E-state index in [1.165, 1.54) is 30.6 Å². The molecule has 1 N–H and O–H groups in total. The van der Waals surface area contributed by atoms with Crippen LogP contribution in [0.15, 0.2) is 17.5 Å². The average Bonchev–Trinajstić information content (AvgIpc) is 3.13. The lowest BCUT2D eigenvalue weighted by atomic mass is 9.96.